The SMILES string of the molecule is O=C(CCC(=O)c1ccc(F)cc1)c1c#cc2c(c1)OCCO2. The summed E-state index contributed by atoms with van der Waals surface area (Å²) in [6.07, 6.45) is 0.0902. The predicted molar refractivity (Wildman–Crippen MR) is 79.4 cm³/mol. The number of rotatable bonds is 5. The van der Waals surface area contributed by atoms with Gasteiger partial charge in [-0.2, -0.15) is 0 Å². The topological polar surface area (TPSA) is 52.6 Å². The summed E-state index contributed by atoms with van der Waals surface area (Å²) in [7, 11) is 0. The third-order valence-corrected chi connectivity index (χ3v) is 3.44. The minimum absolute atomic E-state index is 0.0419. The van der Waals surface area contributed by atoms with E-state index in [0.717, 1.165) is 0 Å². The minimum atomic E-state index is -0.404. The first kappa shape index (κ1) is 15.0. The summed E-state index contributed by atoms with van der Waals surface area (Å²) in [4.78, 5) is 24.1. The summed E-state index contributed by atoms with van der Waals surface area (Å²) in [6.45, 7) is 0.859. The fourth-order valence-corrected chi connectivity index (χ4v) is 2.22. The van der Waals surface area contributed by atoms with Crippen molar-refractivity contribution in [1.29, 1.82) is 0 Å². The Balaban J connectivity index is 1.63. The molecule has 0 saturated heterocycles. The number of hydrogen-bond acceptors (Lipinski definition) is 4. The van der Waals surface area contributed by atoms with E-state index in [4.69, 9.17) is 9.47 Å². The lowest BCUT2D eigenvalue weighted by atomic mass is 10.0. The molecule has 23 heavy (non-hydrogen) atoms. The van der Waals surface area contributed by atoms with Crippen LogP contribution in [0.3, 0.4) is 0 Å². The molecule has 0 unspecified atom stereocenters. The molecule has 1 heterocycles. The van der Waals surface area contributed by atoms with E-state index in [-0.39, 0.29) is 24.4 Å². The van der Waals surface area contributed by atoms with Crippen LogP contribution in [0.15, 0.2) is 30.3 Å². The van der Waals surface area contributed by atoms with Gasteiger partial charge >= 0.3 is 0 Å². The first-order chi connectivity index (χ1) is 11.1. The summed E-state index contributed by atoms with van der Waals surface area (Å²) < 4.78 is 23.5. The average Bonchev–Trinajstić information content (AvgIpc) is 2.59. The highest BCUT2D eigenvalue weighted by atomic mass is 19.1. The molecule has 1 aliphatic rings. The van der Waals surface area contributed by atoms with Crippen molar-refractivity contribution in [2.24, 2.45) is 0 Å². The van der Waals surface area contributed by atoms with E-state index in [1.807, 2.05) is 0 Å². The Morgan fingerprint density at radius 1 is 1.00 bits per heavy atom. The van der Waals surface area contributed by atoms with Crippen molar-refractivity contribution in [3.63, 3.8) is 0 Å². The fraction of sp³-hybridized carbons (Fsp3) is 0.222. The van der Waals surface area contributed by atoms with Crippen LogP contribution >= 0.6 is 0 Å². The summed E-state index contributed by atoms with van der Waals surface area (Å²) in [5.41, 5.74) is 0.693. The van der Waals surface area contributed by atoms with Crippen LogP contribution in [0.4, 0.5) is 4.39 Å². The molecule has 4 nitrogen and oxygen atoms in total. The normalized spacial score (nSPS) is 12.4. The number of ether oxygens (including phenoxy) is 2. The van der Waals surface area contributed by atoms with E-state index in [0.29, 0.717) is 35.8 Å². The highest BCUT2D eigenvalue weighted by Gasteiger charge is 2.16. The van der Waals surface area contributed by atoms with E-state index in [9.17, 15) is 14.0 Å². The van der Waals surface area contributed by atoms with Gasteiger partial charge in [-0.05, 0) is 30.3 Å². The van der Waals surface area contributed by atoms with Crippen molar-refractivity contribution in [2.45, 2.75) is 12.8 Å². The second-order valence-corrected chi connectivity index (χ2v) is 5.05. The van der Waals surface area contributed by atoms with E-state index >= 15 is 0 Å². The molecule has 0 aromatic heterocycles. The van der Waals surface area contributed by atoms with Gasteiger partial charge in [0.15, 0.2) is 17.3 Å². The number of fused-ring (bicyclic) bond motifs is 1. The maximum absolute atomic E-state index is 12.8. The Morgan fingerprint density at radius 3 is 2.48 bits per heavy atom. The van der Waals surface area contributed by atoms with E-state index in [2.05, 4.69) is 12.1 Å². The molecule has 0 fully saturated rings. The van der Waals surface area contributed by atoms with Crippen molar-refractivity contribution in [2.75, 3.05) is 13.2 Å². The van der Waals surface area contributed by atoms with Crippen LogP contribution in [-0.2, 0) is 0 Å². The second-order valence-electron chi connectivity index (χ2n) is 5.05. The molecule has 0 bridgehead atoms. The number of carbonyl (C=O) groups excluding carboxylic acids is 2. The minimum Gasteiger partial charge on any atom is -0.485 e. The molecule has 0 atom stereocenters. The second kappa shape index (κ2) is 6.49. The van der Waals surface area contributed by atoms with Gasteiger partial charge in [-0.15, -0.1) is 0 Å². The molecule has 5 heteroatoms. The van der Waals surface area contributed by atoms with Crippen LogP contribution in [0.1, 0.15) is 33.6 Å². The number of halogens is 1. The van der Waals surface area contributed by atoms with Gasteiger partial charge in [0, 0.05) is 24.5 Å². The number of Topliss-reactive ketones (excluding diaryl/α,β-unsaturated/α-hetero) is 2. The van der Waals surface area contributed by atoms with Crippen molar-refractivity contribution in [3.8, 4) is 11.5 Å². The summed E-state index contributed by atoms with van der Waals surface area (Å²) >= 11 is 0. The van der Waals surface area contributed by atoms with Gasteiger partial charge < -0.3 is 9.47 Å². The summed E-state index contributed by atoms with van der Waals surface area (Å²) in [6, 6.07) is 12.3. The van der Waals surface area contributed by atoms with Crippen LogP contribution in [0, 0.1) is 17.9 Å². The lowest BCUT2D eigenvalue weighted by Crippen LogP contribution is -2.15. The number of hydrogen-bond donors (Lipinski definition) is 0. The average molecular weight is 312 g/mol. The van der Waals surface area contributed by atoms with Crippen molar-refractivity contribution >= 4 is 11.6 Å². The Morgan fingerprint density at radius 2 is 1.70 bits per heavy atom. The molecular weight excluding hydrogens is 299 g/mol. The number of ketones is 2. The monoisotopic (exact) mass is 312 g/mol. The maximum Gasteiger partial charge on any atom is 0.213 e. The largest absolute Gasteiger partial charge is 0.485 e. The van der Waals surface area contributed by atoms with Gasteiger partial charge in [0.2, 0.25) is 5.75 Å². The third-order valence-electron chi connectivity index (χ3n) is 3.44. The van der Waals surface area contributed by atoms with Gasteiger partial charge in [0.25, 0.3) is 0 Å². The van der Waals surface area contributed by atoms with Gasteiger partial charge in [-0.25, -0.2) is 4.39 Å². The summed E-state index contributed by atoms with van der Waals surface area (Å²) in [5.74, 6) is 0.0611. The molecule has 0 spiro atoms. The molecule has 3 rings (SSSR count). The Labute approximate surface area is 132 Å². The van der Waals surface area contributed by atoms with Crippen LogP contribution in [0.5, 0.6) is 11.5 Å². The summed E-state index contributed by atoms with van der Waals surface area (Å²) in [5, 5.41) is 0. The zero-order chi connectivity index (χ0) is 16.2. The number of benzene rings is 1. The lowest BCUT2D eigenvalue weighted by Gasteiger charge is -2.16. The molecule has 2 aromatic rings. The molecular formula is C18H13FO4. The third kappa shape index (κ3) is 3.49. The molecule has 1 aliphatic heterocycles. The van der Waals surface area contributed by atoms with Crippen molar-refractivity contribution in [1.82, 2.24) is 0 Å². The highest BCUT2D eigenvalue weighted by Crippen LogP contribution is 2.28. The van der Waals surface area contributed by atoms with Gasteiger partial charge in [-0.3, -0.25) is 9.59 Å². The highest BCUT2D eigenvalue weighted by molar-refractivity contribution is 6.02. The van der Waals surface area contributed by atoms with Crippen LogP contribution in [-0.4, -0.2) is 24.8 Å². The van der Waals surface area contributed by atoms with E-state index < -0.39 is 5.82 Å². The van der Waals surface area contributed by atoms with Gasteiger partial charge in [-0.1, -0.05) is 6.07 Å². The molecule has 0 radical (unpaired) electrons. The quantitative estimate of drug-likeness (QED) is 0.796. The first-order valence-corrected chi connectivity index (χ1v) is 7.19. The molecule has 0 N–H and O–H groups in total. The smallest absolute Gasteiger partial charge is 0.213 e. The zero-order valence-electron chi connectivity index (χ0n) is 12.2. The molecule has 116 valence electrons. The van der Waals surface area contributed by atoms with Crippen LogP contribution < -0.4 is 9.47 Å². The Hall–Kier alpha value is -2.87. The van der Waals surface area contributed by atoms with Crippen LogP contribution in [0.2, 0.25) is 0 Å². The van der Waals surface area contributed by atoms with Crippen molar-refractivity contribution < 1.29 is 23.5 Å². The number of carbonyl (C=O) groups is 2. The fourth-order valence-electron chi connectivity index (χ4n) is 2.22. The molecule has 0 saturated carbocycles. The lowest BCUT2D eigenvalue weighted by molar-refractivity contribution is 0.0917. The van der Waals surface area contributed by atoms with E-state index in [1.54, 1.807) is 6.07 Å². The van der Waals surface area contributed by atoms with E-state index in [1.165, 1.54) is 24.3 Å². The molecule has 0 amide bonds. The standard InChI is InChI=1S/C18H13FO4/c19-14-4-1-12(2-5-14)15(20)6-7-16(21)13-3-8-17-18(11-13)23-10-9-22-17/h1-2,4-5,11H,6-7,9-10H2. The van der Waals surface area contributed by atoms with Gasteiger partial charge in [0.1, 0.15) is 19.0 Å². The first-order valence-electron chi connectivity index (χ1n) is 7.19. The predicted octanol–water partition coefficient (Wildman–Crippen LogP) is 3.04. The molecule has 2 aromatic carbocycles. The van der Waals surface area contributed by atoms with Gasteiger partial charge in [0.05, 0.1) is 5.56 Å². The Bertz CT molecular complexity index is 737. The van der Waals surface area contributed by atoms with Crippen molar-refractivity contribution in [3.05, 3.63) is 59.4 Å². The maximum atomic E-state index is 12.8. The Kier molecular flexibility index (Phi) is 4.24. The zero-order valence-corrected chi connectivity index (χ0v) is 12.2. The van der Waals surface area contributed by atoms with Crippen LogP contribution in [0.25, 0.3) is 0 Å². The molecule has 0 aliphatic carbocycles.